The Morgan fingerprint density at radius 3 is 2.81 bits per heavy atom. The summed E-state index contributed by atoms with van der Waals surface area (Å²) in [5.41, 5.74) is 1.10. The Morgan fingerprint density at radius 2 is 2.14 bits per heavy atom. The highest BCUT2D eigenvalue weighted by molar-refractivity contribution is 5.68. The molecule has 1 saturated heterocycles. The number of hydrogen-bond acceptors (Lipinski definition) is 4. The molecule has 1 N–H and O–H groups in total. The number of alkyl carbamates (subject to hydrolysis) is 1. The van der Waals surface area contributed by atoms with Gasteiger partial charge in [0.1, 0.15) is 11.7 Å². The second-order valence-electron chi connectivity index (χ2n) is 6.21. The standard InChI is InChI=1S/C16H21N3O2/c1-16(2,3)21-15(20)18-13-8-9-19(11-13)14-7-5-4-6-12(14)10-17/h4-7,13H,8-9,11H2,1-3H3,(H,18,20). The summed E-state index contributed by atoms with van der Waals surface area (Å²) in [6, 6.07) is 9.78. The highest BCUT2D eigenvalue weighted by Crippen LogP contribution is 2.24. The maximum atomic E-state index is 11.8. The van der Waals surface area contributed by atoms with Crippen LogP contribution in [0.25, 0.3) is 0 Å². The summed E-state index contributed by atoms with van der Waals surface area (Å²) >= 11 is 0. The van der Waals surface area contributed by atoms with Crippen LogP contribution in [0.15, 0.2) is 24.3 Å². The molecule has 112 valence electrons. The second-order valence-corrected chi connectivity index (χ2v) is 6.21. The summed E-state index contributed by atoms with van der Waals surface area (Å²) in [4.78, 5) is 13.9. The molecule has 1 aromatic carbocycles. The minimum atomic E-state index is -0.490. The topological polar surface area (TPSA) is 65.4 Å². The number of nitrogens with one attached hydrogen (secondary N) is 1. The molecule has 0 spiro atoms. The van der Waals surface area contributed by atoms with Crippen molar-refractivity contribution >= 4 is 11.8 Å². The molecule has 1 heterocycles. The first-order valence-electron chi connectivity index (χ1n) is 7.12. The van der Waals surface area contributed by atoms with Crippen molar-refractivity contribution in [2.75, 3.05) is 18.0 Å². The van der Waals surface area contributed by atoms with Crippen LogP contribution in [0.2, 0.25) is 0 Å². The van der Waals surface area contributed by atoms with Crippen LogP contribution in [0.4, 0.5) is 10.5 Å². The monoisotopic (exact) mass is 287 g/mol. The first-order chi connectivity index (χ1) is 9.89. The summed E-state index contributed by atoms with van der Waals surface area (Å²) in [6.45, 7) is 7.04. The smallest absolute Gasteiger partial charge is 0.407 e. The average molecular weight is 287 g/mol. The van der Waals surface area contributed by atoms with E-state index in [1.807, 2.05) is 45.0 Å². The number of nitriles is 1. The third-order valence-corrected chi connectivity index (χ3v) is 3.27. The van der Waals surface area contributed by atoms with Crippen molar-refractivity contribution < 1.29 is 9.53 Å². The van der Waals surface area contributed by atoms with Crippen LogP contribution in [-0.4, -0.2) is 30.8 Å². The van der Waals surface area contributed by atoms with Crippen molar-refractivity contribution in [2.45, 2.75) is 38.8 Å². The molecule has 1 fully saturated rings. The number of hydrogen-bond donors (Lipinski definition) is 1. The zero-order valence-corrected chi connectivity index (χ0v) is 12.7. The fourth-order valence-corrected chi connectivity index (χ4v) is 2.42. The molecule has 5 nitrogen and oxygen atoms in total. The molecule has 2 rings (SSSR count). The van der Waals surface area contributed by atoms with Gasteiger partial charge in [-0.25, -0.2) is 4.79 Å². The van der Waals surface area contributed by atoms with Gasteiger partial charge in [-0.3, -0.25) is 0 Å². The minimum Gasteiger partial charge on any atom is -0.444 e. The maximum absolute atomic E-state index is 11.8. The largest absolute Gasteiger partial charge is 0.444 e. The number of carbonyl (C=O) groups is 1. The molecular weight excluding hydrogens is 266 g/mol. The Hall–Kier alpha value is -2.22. The van der Waals surface area contributed by atoms with E-state index in [1.54, 1.807) is 0 Å². The van der Waals surface area contributed by atoms with Gasteiger partial charge >= 0.3 is 6.09 Å². The first-order valence-corrected chi connectivity index (χ1v) is 7.12. The van der Waals surface area contributed by atoms with Gasteiger partial charge in [0.05, 0.1) is 17.3 Å². The number of benzene rings is 1. The van der Waals surface area contributed by atoms with E-state index >= 15 is 0 Å². The highest BCUT2D eigenvalue weighted by Gasteiger charge is 2.27. The summed E-state index contributed by atoms with van der Waals surface area (Å²) < 4.78 is 5.26. The number of rotatable bonds is 2. The molecule has 1 aliphatic heterocycles. The molecule has 0 bridgehead atoms. The van der Waals surface area contributed by atoms with Gasteiger partial charge in [-0.05, 0) is 39.3 Å². The third kappa shape index (κ3) is 4.12. The van der Waals surface area contributed by atoms with Crippen molar-refractivity contribution in [1.29, 1.82) is 5.26 Å². The summed E-state index contributed by atoms with van der Waals surface area (Å²) in [5, 5.41) is 12.0. The Morgan fingerprint density at radius 1 is 1.43 bits per heavy atom. The van der Waals surface area contributed by atoms with E-state index in [9.17, 15) is 4.79 Å². The number of carbonyl (C=O) groups excluding carboxylic acids is 1. The van der Waals surface area contributed by atoms with Crippen LogP contribution in [0.1, 0.15) is 32.8 Å². The number of nitrogens with zero attached hydrogens (tertiary/aromatic N) is 2. The van der Waals surface area contributed by atoms with E-state index in [0.29, 0.717) is 12.1 Å². The van der Waals surface area contributed by atoms with Gasteiger partial charge in [0.25, 0.3) is 0 Å². The number of amides is 1. The maximum Gasteiger partial charge on any atom is 0.407 e. The van der Waals surface area contributed by atoms with Gasteiger partial charge < -0.3 is 15.0 Å². The predicted molar refractivity (Wildman–Crippen MR) is 81.1 cm³/mol. The fourth-order valence-electron chi connectivity index (χ4n) is 2.42. The van der Waals surface area contributed by atoms with Crippen LogP contribution in [0.5, 0.6) is 0 Å². The number of para-hydroxylation sites is 1. The summed E-state index contributed by atoms with van der Waals surface area (Å²) in [5.74, 6) is 0. The molecule has 21 heavy (non-hydrogen) atoms. The van der Waals surface area contributed by atoms with E-state index in [-0.39, 0.29) is 12.1 Å². The van der Waals surface area contributed by atoms with Crippen LogP contribution >= 0.6 is 0 Å². The summed E-state index contributed by atoms with van der Waals surface area (Å²) in [7, 11) is 0. The summed E-state index contributed by atoms with van der Waals surface area (Å²) in [6.07, 6.45) is 0.460. The average Bonchev–Trinajstić information content (AvgIpc) is 2.84. The fraction of sp³-hybridized carbons (Fsp3) is 0.500. The number of ether oxygens (including phenoxy) is 1. The molecule has 1 unspecified atom stereocenters. The first kappa shape index (κ1) is 15.2. The lowest BCUT2D eigenvalue weighted by Gasteiger charge is -2.22. The minimum absolute atomic E-state index is 0.0478. The Kier molecular flexibility index (Phi) is 4.37. The third-order valence-electron chi connectivity index (χ3n) is 3.27. The molecule has 1 aliphatic rings. The zero-order chi connectivity index (χ0) is 15.5. The second kappa shape index (κ2) is 6.04. The van der Waals surface area contributed by atoms with Crippen molar-refractivity contribution in [3.05, 3.63) is 29.8 Å². The van der Waals surface area contributed by atoms with Gasteiger partial charge in [-0.1, -0.05) is 12.1 Å². The highest BCUT2D eigenvalue weighted by atomic mass is 16.6. The van der Waals surface area contributed by atoms with Gasteiger partial charge in [-0.2, -0.15) is 5.26 Å². The van der Waals surface area contributed by atoms with Crippen molar-refractivity contribution in [3.8, 4) is 6.07 Å². The molecule has 0 saturated carbocycles. The molecule has 1 amide bonds. The van der Waals surface area contributed by atoms with Crippen LogP contribution < -0.4 is 10.2 Å². The lowest BCUT2D eigenvalue weighted by molar-refractivity contribution is 0.0509. The molecule has 0 aromatic heterocycles. The predicted octanol–water partition coefficient (Wildman–Crippen LogP) is 2.66. The van der Waals surface area contributed by atoms with Gasteiger partial charge in [0.2, 0.25) is 0 Å². The van der Waals surface area contributed by atoms with E-state index in [1.165, 1.54) is 0 Å². The van der Waals surface area contributed by atoms with Crippen LogP contribution in [-0.2, 0) is 4.74 Å². The van der Waals surface area contributed by atoms with Gasteiger partial charge in [0, 0.05) is 13.1 Å². The van der Waals surface area contributed by atoms with Crippen molar-refractivity contribution in [2.24, 2.45) is 0 Å². The van der Waals surface area contributed by atoms with Crippen molar-refractivity contribution in [3.63, 3.8) is 0 Å². The van der Waals surface area contributed by atoms with Gasteiger partial charge in [0.15, 0.2) is 0 Å². The molecular formula is C16H21N3O2. The quantitative estimate of drug-likeness (QED) is 0.908. The van der Waals surface area contributed by atoms with Crippen molar-refractivity contribution in [1.82, 2.24) is 5.32 Å². The lowest BCUT2D eigenvalue weighted by Crippen LogP contribution is -2.40. The van der Waals surface area contributed by atoms with Crippen LogP contribution in [0, 0.1) is 11.3 Å². The lowest BCUT2D eigenvalue weighted by atomic mass is 10.2. The molecule has 1 atom stereocenters. The normalized spacial score (nSPS) is 18.2. The molecule has 0 aliphatic carbocycles. The Balaban J connectivity index is 1.95. The van der Waals surface area contributed by atoms with E-state index in [0.717, 1.165) is 18.7 Å². The molecule has 5 heteroatoms. The Labute approximate surface area is 125 Å². The van der Waals surface area contributed by atoms with Crippen LogP contribution in [0.3, 0.4) is 0 Å². The molecule has 1 aromatic rings. The van der Waals surface area contributed by atoms with Gasteiger partial charge in [-0.15, -0.1) is 0 Å². The Bertz CT molecular complexity index is 557. The van der Waals surface area contributed by atoms with E-state index in [4.69, 9.17) is 10.00 Å². The zero-order valence-electron chi connectivity index (χ0n) is 12.7. The van der Waals surface area contributed by atoms with E-state index < -0.39 is 5.60 Å². The molecule has 0 radical (unpaired) electrons. The SMILES string of the molecule is CC(C)(C)OC(=O)NC1CCN(c2ccccc2C#N)C1. The van der Waals surface area contributed by atoms with E-state index in [2.05, 4.69) is 16.3 Å². The number of anilines is 1.